The molecule has 2 aromatic heterocycles. The van der Waals surface area contributed by atoms with Gasteiger partial charge >= 0.3 is 0 Å². The van der Waals surface area contributed by atoms with E-state index in [1.165, 1.54) is 22.5 Å². The van der Waals surface area contributed by atoms with Gasteiger partial charge in [0, 0.05) is 11.8 Å². The number of anilines is 1. The highest BCUT2D eigenvalue weighted by Crippen LogP contribution is 2.19. The summed E-state index contributed by atoms with van der Waals surface area (Å²) in [7, 11) is 0. The number of aromatic nitrogens is 1. The maximum absolute atomic E-state index is 12.7. The van der Waals surface area contributed by atoms with E-state index in [2.05, 4.69) is 64.5 Å². The van der Waals surface area contributed by atoms with Crippen LogP contribution in [-0.4, -0.2) is 11.2 Å². The Morgan fingerprint density at radius 2 is 2.08 bits per heavy atom. The van der Waals surface area contributed by atoms with Crippen molar-refractivity contribution in [3.05, 3.63) is 70.7 Å². The molecule has 7 heteroatoms. The number of halogens is 1. The van der Waals surface area contributed by atoms with Crippen LogP contribution in [0.5, 0.6) is 0 Å². The first-order valence-corrected chi connectivity index (χ1v) is 9.74. The van der Waals surface area contributed by atoms with Gasteiger partial charge in [-0.2, -0.15) is 0 Å². The molecule has 1 aliphatic heterocycles. The van der Waals surface area contributed by atoms with Crippen LogP contribution in [0.2, 0.25) is 0 Å². The molecular weight excluding hydrogens is 449 g/mol. The minimum Gasteiger partial charge on any atom is -0.451 e. The Balaban J connectivity index is 1.71. The van der Waals surface area contributed by atoms with Crippen molar-refractivity contribution >= 4 is 45.7 Å². The molecule has 0 radical (unpaired) electrons. The highest BCUT2D eigenvalue weighted by Gasteiger charge is 2.16. The van der Waals surface area contributed by atoms with Crippen LogP contribution in [-0.2, 0) is 6.67 Å². The van der Waals surface area contributed by atoms with Crippen LogP contribution in [0, 0.1) is 17.6 Å². The van der Waals surface area contributed by atoms with Crippen molar-refractivity contribution in [3.8, 4) is 0 Å². The van der Waals surface area contributed by atoms with Gasteiger partial charge in [-0.15, -0.1) is 0 Å². The third-order valence-corrected chi connectivity index (χ3v) is 5.92. The van der Waals surface area contributed by atoms with E-state index in [-0.39, 0.29) is 5.56 Å². The summed E-state index contributed by atoms with van der Waals surface area (Å²) in [5, 5.41) is 0. The summed E-state index contributed by atoms with van der Waals surface area (Å²) in [5.41, 5.74) is 3.56. The highest BCUT2D eigenvalue weighted by atomic mass is 127. The molecule has 0 N–H and O–H groups in total. The molecule has 1 aliphatic rings. The quantitative estimate of drug-likeness (QED) is 0.547. The van der Waals surface area contributed by atoms with Gasteiger partial charge in [-0.25, -0.2) is 4.99 Å². The first-order chi connectivity index (χ1) is 12.0. The predicted molar refractivity (Wildman–Crippen MR) is 108 cm³/mol. The Kier molecular flexibility index (Phi) is 4.28. The third-order valence-electron chi connectivity index (χ3n) is 4.30. The largest absolute Gasteiger partial charge is 0.451 e. The standard InChI is InChI=1S/C18H16IN3O2S/c1-11-3-4-13(7-12(11)2)21-9-20-18-22(10-21)17(23)15(25-18)8-14-5-6-16(19)24-14/h3-8H,9-10H2,1-2H3. The van der Waals surface area contributed by atoms with E-state index in [9.17, 15) is 4.79 Å². The summed E-state index contributed by atoms with van der Waals surface area (Å²) in [5.74, 6) is 0.687. The van der Waals surface area contributed by atoms with Gasteiger partial charge in [0.05, 0.1) is 4.53 Å². The van der Waals surface area contributed by atoms with Crippen LogP contribution in [0.25, 0.3) is 6.08 Å². The number of hydrogen-bond donors (Lipinski definition) is 0. The van der Waals surface area contributed by atoms with Crippen LogP contribution in [0.3, 0.4) is 0 Å². The van der Waals surface area contributed by atoms with Crippen molar-refractivity contribution in [2.24, 2.45) is 4.99 Å². The van der Waals surface area contributed by atoms with Crippen molar-refractivity contribution in [1.82, 2.24) is 4.57 Å². The van der Waals surface area contributed by atoms with Crippen molar-refractivity contribution in [2.75, 3.05) is 11.6 Å². The van der Waals surface area contributed by atoms with Crippen molar-refractivity contribution in [1.29, 1.82) is 0 Å². The Hall–Kier alpha value is -1.87. The summed E-state index contributed by atoms with van der Waals surface area (Å²) >= 11 is 3.52. The first-order valence-electron chi connectivity index (χ1n) is 7.85. The maximum Gasteiger partial charge on any atom is 0.271 e. The lowest BCUT2D eigenvalue weighted by Crippen LogP contribution is -2.42. The number of thiazole rings is 1. The smallest absolute Gasteiger partial charge is 0.271 e. The lowest BCUT2D eigenvalue weighted by molar-refractivity contribution is 0.528. The second kappa shape index (κ2) is 6.45. The average molecular weight is 465 g/mol. The van der Waals surface area contributed by atoms with Crippen LogP contribution >= 0.6 is 33.9 Å². The average Bonchev–Trinajstić information content (AvgIpc) is 3.14. The molecule has 0 atom stereocenters. The van der Waals surface area contributed by atoms with Gasteiger partial charge in [-0.1, -0.05) is 17.4 Å². The van der Waals surface area contributed by atoms with E-state index in [0.717, 1.165) is 14.3 Å². The zero-order valence-corrected chi connectivity index (χ0v) is 16.8. The predicted octanol–water partition coefficient (Wildman–Crippen LogP) is 2.61. The number of fused-ring (bicyclic) bond motifs is 1. The summed E-state index contributed by atoms with van der Waals surface area (Å²) in [6.45, 7) is 5.26. The number of furan rings is 1. The molecule has 0 unspecified atom stereocenters. The molecule has 0 spiro atoms. The van der Waals surface area contributed by atoms with Gasteiger partial charge in [-0.05, 0) is 71.8 Å². The highest BCUT2D eigenvalue weighted by molar-refractivity contribution is 14.1. The van der Waals surface area contributed by atoms with Crippen molar-refractivity contribution in [2.45, 2.75) is 20.5 Å². The summed E-state index contributed by atoms with van der Waals surface area (Å²) < 4.78 is 8.71. The van der Waals surface area contributed by atoms with E-state index in [4.69, 9.17) is 4.42 Å². The minimum absolute atomic E-state index is 0.0244. The Labute approximate surface area is 162 Å². The normalized spacial score (nSPS) is 14.5. The third kappa shape index (κ3) is 3.18. The summed E-state index contributed by atoms with van der Waals surface area (Å²) in [6.07, 6.45) is 1.79. The molecule has 3 heterocycles. The number of aryl methyl sites for hydroxylation is 2. The van der Waals surface area contributed by atoms with E-state index in [0.29, 0.717) is 23.6 Å². The monoisotopic (exact) mass is 465 g/mol. The van der Waals surface area contributed by atoms with E-state index in [1.807, 2.05) is 12.1 Å². The molecule has 25 heavy (non-hydrogen) atoms. The fourth-order valence-corrected chi connectivity index (χ4v) is 4.11. The van der Waals surface area contributed by atoms with Crippen molar-refractivity contribution in [3.63, 3.8) is 0 Å². The number of benzene rings is 1. The van der Waals surface area contributed by atoms with Gasteiger partial charge in [0.2, 0.25) is 0 Å². The molecular formula is C18H16IN3O2S. The molecule has 0 saturated heterocycles. The summed E-state index contributed by atoms with van der Waals surface area (Å²) in [4.78, 5) is 20.2. The minimum atomic E-state index is -0.0244. The van der Waals surface area contributed by atoms with Crippen molar-refractivity contribution < 1.29 is 4.42 Å². The fraction of sp³-hybridized carbons (Fsp3) is 0.222. The van der Waals surface area contributed by atoms with E-state index >= 15 is 0 Å². The van der Waals surface area contributed by atoms with Gasteiger partial charge < -0.3 is 9.32 Å². The first kappa shape index (κ1) is 16.6. The number of rotatable bonds is 2. The number of hydrogen-bond acceptors (Lipinski definition) is 5. The molecule has 0 amide bonds. The van der Waals surface area contributed by atoms with E-state index < -0.39 is 0 Å². The van der Waals surface area contributed by atoms with Crippen LogP contribution < -0.4 is 19.8 Å². The lowest BCUT2D eigenvalue weighted by atomic mass is 10.1. The lowest BCUT2D eigenvalue weighted by Gasteiger charge is -2.26. The second-order valence-corrected chi connectivity index (χ2v) is 8.09. The molecule has 5 nitrogen and oxygen atoms in total. The number of nitrogens with zero attached hydrogens (tertiary/aromatic N) is 3. The Morgan fingerprint density at radius 1 is 1.24 bits per heavy atom. The Morgan fingerprint density at radius 3 is 2.80 bits per heavy atom. The molecule has 3 aromatic rings. The van der Waals surface area contributed by atoms with Crippen LogP contribution in [0.4, 0.5) is 5.69 Å². The molecule has 128 valence electrons. The fourth-order valence-electron chi connectivity index (χ4n) is 2.73. The van der Waals surface area contributed by atoms with Gasteiger partial charge in [0.1, 0.15) is 19.1 Å². The van der Waals surface area contributed by atoms with Gasteiger partial charge in [-0.3, -0.25) is 9.36 Å². The Bertz CT molecular complexity index is 1130. The molecule has 0 aliphatic carbocycles. The molecule has 0 bridgehead atoms. The van der Waals surface area contributed by atoms with Gasteiger partial charge in [0.15, 0.2) is 8.57 Å². The van der Waals surface area contributed by atoms with Crippen LogP contribution in [0.15, 0.2) is 44.5 Å². The molecule has 4 rings (SSSR count). The second-order valence-electron chi connectivity index (χ2n) is 6.02. The topological polar surface area (TPSA) is 50.7 Å². The molecule has 0 fully saturated rings. The van der Waals surface area contributed by atoms with E-state index in [1.54, 1.807) is 10.6 Å². The molecule has 0 saturated carbocycles. The maximum atomic E-state index is 12.7. The SMILES string of the molecule is Cc1ccc(N2CN=c3sc(=Cc4ccc(I)o4)c(=O)n3C2)cc1C. The molecule has 1 aromatic carbocycles. The zero-order valence-electron chi connectivity index (χ0n) is 13.8. The van der Waals surface area contributed by atoms with Crippen LogP contribution in [0.1, 0.15) is 16.9 Å². The van der Waals surface area contributed by atoms with Gasteiger partial charge in [0.25, 0.3) is 5.56 Å². The zero-order chi connectivity index (χ0) is 17.6. The summed E-state index contributed by atoms with van der Waals surface area (Å²) in [6, 6.07) is 10.1.